The highest BCUT2D eigenvalue weighted by Gasteiger charge is 2.14. The average Bonchev–Trinajstić information content (AvgIpc) is 2.57. The minimum Gasteiger partial charge on any atom is -0.381 e. The van der Waals surface area contributed by atoms with E-state index in [0.29, 0.717) is 11.2 Å². The molecular weight excluding hydrogens is 186 g/mol. The molecule has 1 aliphatic carbocycles. The van der Waals surface area contributed by atoms with E-state index in [1.165, 1.54) is 25.7 Å². The Morgan fingerprint density at radius 2 is 2.15 bits per heavy atom. The van der Waals surface area contributed by atoms with Crippen LogP contribution in [0.25, 0.3) is 0 Å². The molecule has 0 aromatic carbocycles. The highest BCUT2D eigenvalue weighted by Crippen LogP contribution is 2.22. The summed E-state index contributed by atoms with van der Waals surface area (Å²) in [7, 11) is 0. The maximum Gasteiger partial charge on any atom is 0.153 e. The van der Waals surface area contributed by atoms with Gasteiger partial charge in [-0.15, -0.1) is 5.10 Å². The zero-order valence-corrected chi connectivity index (χ0v) is 8.09. The predicted octanol–water partition coefficient (Wildman–Crippen LogP) is 2.48. The van der Waals surface area contributed by atoms with Gasteiger partial charge in [0.2, 0.25) is 0 Å². The van der Waals surface area contributed by atoms with Crippen LogP contribution in [0.5, 0.6) is 0 Å². The number of rotatable bonds is 2. The van der Waals surface area contributed by atoms with Crippen LogP contribution in [-0.2, 0) is 0 Å². The Hall–Kier alpha value is -0.830. The van der Waals surface area contributed by atoms with Gasteiger partial charge in [0.1, 0.15) is 0 Å². The molecule has 1 aromatic heterocycles. The number of aromatic nitrogens is 2. The highest BCUT2D eigenvalue weighted by atomic mass is 35.5. The van der Waals surface area contributed by atoms with Crippen LogP contribution in [0, 0.1) is 0 Å². The Morgan fingerprint density at radius 3 is 2.85 bits per heavy atom. The van der Waals surface area contributed by atoms with Gasteiger partial charge in [0, 0.05) is 12.1 Å². The second kappa shape index (κ2) is 3.92. The molecule has 70 valence electrons. The van der Waals surface area contributed by atoms with Gasteiger partial charge in [-0.1, -0.05) is 24.4 Å². The Balaban J connectivity index is 2.00. The van der Waals surface area contributed by atoms with Crippen LogP contribution in [0.1, 0.15) is 25.7 Å². The van der Waals surface area contributed by atoms with Crippen LogP contribution in [0.15, 0.2) is 12.3 Å². The average molecular weight is 198 g/mol. The number of nitrogens with one attached hydrogen (secondary N) is 1. The van der Waals surface area contributed by atoms with Gasteiger partial charge in [-0.05, 0) is 12.8 Å². The molecule has 0 radical (unpaired) electrons. The summed E-state index contributed by atoms with van der Waals surface area (Å²) in [5.41, 5.74) is 0.979. The monoisotopic (exact) mass is 197 g/mol. The first-order valence-corrected chi connectivity index (χ1v) is 4.97. The van der Waals surface area contributed by atoms with Gasteiger partial charge in [-0.25, -0.2) is 0 Å². The van der Waals surface area contributed by atoms with Crippen molar-refractivity contribution in [2.75, 3.05) is 5.32 Å². The lowest BCUT2D eigenvalue weighted by Crippen LogP contribution is -2.14. The lowest BCUT2D eigenvalue weighted by atomic mass is 10.2. The SMILES string of the molecule is Clc1cc(NC2CCCC2)cnn1. The number of halogens is 1. The van der Waals surface area contributed by atoms with Gasteiger partial charge < -0.3 is 5.32 Å². The van der Waals surface area contributed by atoms with Crippen molar-refractivity contribution in [3.63, 3.8) is 0 Å². The molecule has 13 heavy (non-hydrogen) atoms. The Bertz CT molecular complexity index is 284. The van der Waals surface area contributed by atoms with Gasteiger partial charge in [0.15, 0.2) is 5.15 Å². The molecule has 0 saturated heterocycles. The van der Waals surface area contributed by atoms with Crippen LogP contribution in [0.3, 0.4) is 0 Å². The second-order valence-corrected chi connectivity index (χ2v) is 3.78. The van der Waals surface area contributed by atoms with E-state index in [-0.39, 0.29) is 0 Å². The molecular formula is C9H12ClN3. The standard InChI is InChI=1S/C9H12ClN3/c10-9-5-8(6-11-13-9)12-7-3-1-2-4-7/h5-7H,1-4H2,(H,12,13). The predicted molar refractivity (Wildman–Crippen MR) is 52.9 cm³/mol. The van der Waals surface area contributed by atoms with Crippen molar-refractivity contribution < 1.29 is 0 Å². The van der Waals surface area contributed by atoms with Gasteiger partial charge in [0.25, 0.3) is 0 Å². The lowest BCUT2D eigenvalue weighted by Gasteiger charge is -2.12. The fraction of sp³-hybridized carbons (Fsp3) is 0.556. The van der Waals surface area contributed by atoms with Crippen molar-refractivity contribution >= 4 is 17.3 Å². The molecule has 0 amide bonds. The van der Waals surface area contributed by atoms with Crippen molar-refractivity contribution in [2.45, 2.75) is 31.7 Å². The van der Waals surface area contributed by atoms with E-state index >= 15 is 0 Å². The van der Waals surface area contributed by atoms with Gasteiger partial charge in [0.05, 0.1) is 11.9 Å². The largest absolute Gasteiger partial charge is 0.381 e. The summed E-state index contributed by atoms with van der Waals surface area (Å²) in [6.07, 6.45) is 6.86. The van der Waals surface area contributed by atoms with E-state index in [0.717, 1.165) is 5.69 Å². The number of hydrogen-bond acceptors (Lipinski definition) is 3. The Kier molecular flexibility index (Phi) is 2.64. The van der Waals surface area contributed by atoms with E-state index in [2.05, 4.69) is 15.5 Å². The third kappa shape index (κ3) is 2.31. The third-order valence-corrected chi connectivity index (χ3v) is 2.54. The first-order chi connectivity index (χ1) is 6.34. The Labute approximate surface area is 82.5 Å². The van der Waals surface area contributed by atoms with E-state index < -0.39 is 0 Å². The molecule has 0 bridgehead atoms. The topological polar surface area (TPSA) is 37.8 Å². The normalized spacial score (nSPS) is 17.6. The molecule has 1 aromatic rings. The summed E-state index contributed by atoms with van der Waals surface area (Å²) in [5, 5.41) is 11.3. The van der Waals surface area contributed by atoms with Crippen molar-refractivity contribution in [3.05, 3.63) is 17.4 Å². The summed E-state index contributed by atoms with van der Waals surface area (Å²) in [5.74, 6) is 0. The van der Waals surface area contributed by atoms with Gasteiger partial charge in [-0.2, -0.15) is 5.10 Å². The smallest absolute Gasteiger partial charge is 0.153 e. The van der Waals surface area contributed by atoms with Crippen molar-refractivity contribution in [3.8, 4) is 0 Å². The number of anilines is 1. The van der Waals surface area contributed by atoms with E-state index in [9.17, 15) is 0 Å². The van der Waals surface area contributed by atoms with Crippen LogP contribution in [0.4, 0.5) is 5.69 Å². The van der Waals surface area contributed by atoms with E-state index in [1.807, 2.05) is 6.07 Å². The molecule has 1 aliphatic rings. The van der Waals surface area contributed by atoms with Crippen LogP contribution in [0.2, 0.25) is 5.15 Å². The second-order valence-electron chi connectivity index (χ2n) is 3.39. The molecule has 0 unspecified atom stereocenters. The molecule has 2 rings (SSSR count). The molecule has 4 heteroatoms. The molecule has 0 atom stereocenters. The van der Waals surface area contributed by atoms with Crippen molar-refractivity contribution in [1.82, 2.24) is 10.2 Å². The van der Waals surface area contributed by atoms with Crippen LogP contribution in [-0.4, -0.2) is 16.2 Å². The quantitative estimate of drug-likeness (QED) is 0.792. The minimum atomic E-state index is 0.447. The summed E-state index contributed by atoms with van der Waals surface area (Å²) in [6, 6.07) is 2.41. The minimum absolute atomic E-state index is 0.447. The van der Waals surface area contributed by atoms with Crippen molar-refractivity contribution in [1.29, 1.82) is 0 Å². The zero-order chi connectivity index (χ0) is 9.10. The first kappa shape index (κ1) is 8.75. The van der Waals surface area contributed by atoms with Crippen LogP contribution < -0.4 is 5.32 Å². The number of nitrogens with zero attached hydrogens (tertiary/aromatic N) is 2. The fourth-order valence-electron chi connectivity index (χ4n) is 1.73. The number of hydrogen-bond donors (Lipinski definition) is 1. The lowest BCUT2D eigenvalue weighted by molar-refractivity contribution is 0.753. The summed E-state index contributed by atoms with van der Waals surface area (Å²) < 4.78 is 0. The summed E-state index contributed by atoms with van der Waals surface area (Å²) >= 11 is 5.72. The summed E-state index contributed by atoms with van der Waals surface area (Å²) in [4.78, 5) is 0. The molecule has 0 spiro atoms. The van der Waals surface area contributed by atoms with E-state index in [1.54, 1.807) is 6.20 Å². The molecule has 3 nitrogen and oxygen atoms in total. The summed E-state index contributed by atoms with van der Waals surface area (Å²) in [6.45, 7) is 0. The maximum absolute atomic E-state index is 5.72. The third-order valence-electron chi connectivity index (χ3n) is 2.35. The first-order valence-electron chi connectivity index (χ1n) is 4.59. The molecule has 1 saturated carbocycles. The van der Waals surface area contributed by atoms with Crippen LogP contribution >= 0.6 is 11.6 Å². The highest BCUT2D eigenvalue weighted by molar-refractivity contribution is 6.29. The zero-order valence-electron chi connectivity index (χ0n) is 7.33. The molecule has 1 fully saturated rings. The Morgan fingerprint density at radius 1 is 1.38 bits per heavy atom. The maximum atomic E-state index is 5.72. The van der Waals surface area contributed by atoms with Gasteiger partial charge >= 0.3 is 0 Å². The fourth-order valence-corrected chi connectivity index (χ4v) is 1.89. The van der Waals surface area contributed by atoms with Gasteiger partial charge in [-0.3, -0.25) is 0 Å². The molecule has 1 N–H and O–H groups in total. The van der Waals surface area contributed by atoms with E-state index in [4.69, 9.17) is 11.6 Å². The molecule has 1 heterocycles. The molecule has 0 aliphatic heterocycles. The van der Waals surface area contributed by atoms with Crippen molar-refractivity contribution in [2.24, 2.45) is 0 Å².